The second-order valence-corrected chi connectivity index (χ2v) is 8.01. The number of anilines is 1. The number of hydrogen-bond acceptors (Lipinski definition) is 4. The van der Waals surface area contributed by atoms with Crippen LogP contribution in [-0.2, 0) is 6.42 Å². The third-order valence-corrected chi connectivity index (χ3v) is 4.98. The summed E-state index contributed by atoms with van der Waals surface area (Å²) in [7, 11) is 0. The summed E-state index contributed by atoms with van der Waals surface area (Å²) >= 11 is 6.01. The van der Waals surface area contributed by atoms with Crippen molar-refractivity contribution in [2.24, 2.45) is 5.92 Å². The summed E-state index contributed by atoms with van der Waals surface area (Å²) in [5, 5.41) is 3.71. The van der Waals surface area contributed by atoms with E-state index in [1.54, 1.807) is 6.07 Å². The van der Waals surface area contributed by atoms with Crippen molar-refractivity contribution in [3.05, 3.63) is 35.1 Å². The summed E-state index contributed by atoms with van der Waals surface area (Å²) in [5.74, 6) is -0.815. The Balaban J connectivity index is 1.83. The smallest absolute Gasteiger partial charge is 0.248 e. The first-order chi connectivity index (χ1) is 12.8. The van der Waals surface area contributed by atoms with Crippen LogP contribution in [0.2, 0.25) is 5.15 Å². The Morgan fingerprint density at radius 2 is 1.93 bits per heavy atom. The van der Waals surface area contributed by atoms with Gasteiger partial charge in [-0.3, -0.25) is 0 Å². The van der Waals surface area contributed by atoms with Crippen molar-refractivity contribution in [1.29, 1.82) is 0 Å². The molecule has 146 valence electrons. The van der Waals surface area contributed by atoms with E-state index in [1.807, 2.05) is 18.2 Å². The number of alkyl halides is 2. The van der Waals surface area contributed by atoms with E-state index in [0.717, 1.165) is 18.5 Å². The normalized spacial score (nSPS) is 17.3. The first-order valence-electron chi connectivity index (χ1n) is 9.46. The van der Waals surface area contributed by atoms with Crippen molar-refractivity contribution >= 4 is 17.4 Å². The molecule has 3 rings (SSSR count). The molecular formula is C20H25ClF2N4. The number of halogens is 3. The Bertz CT molecular complexity index is 772. The van der Waals surface area contributed by atoms with Gasteiger partial charge in [0.2, 0.25) is 5.92 Å². The summed E-state index contributed by atoms with van der Waals surface area (Å²) in [4.78, 5) is 13.5. The number of hydrogen-bond donors (Lipinski definition) is 1. The van der Waals surface area contributed by atoms with E-state index in [4.69, 9.17) is 11.6 Å². The van der Waals surface area contributed by atoms with Crippen LogP contribution in [0.25, 0.3) is 11.5 Å². The highest BCUT2D eigenvalue weighted by atomic mass is 35.5. The summed E-state index contributed by atoms with van der Waals surface area (Å²) in [6.45, 7) is 4.34. The van der Waals surface area contributed by atoms with Gasteiger partial charge in [0.05, 0.1) is 0 Å². The lowest BCUT2D eigenvalue weighted by atomic mass is 9.92. The molecule has 1 saturated carbocycles. The minimum atomic E-state index is -2.54. The number of pyridine rings is 1. The number of rotatable bonds is 6. The van der Waals surface area contributed by atoms with E-state index in [0.29, 0.717) is 41.2 Å². The van der Waals surface area contributed by atoms with Gasteiger partial charge < -0.3 is 5.32 Å². The first kappa shape index (κ1) is 19.9. The highest BCUT2D eigenvalue weighted by molar-refractivity contribution is 6.29. The summed E-state index contributed by atoms with van der Waals surface area (Å²) < 4.78 is 26.8. The summed E-state index contributed by atoms with van der Waals surface area (Å²) in [6, 6.07) is 7.25. The second kappa shape index (κ2) is 8.46. The number of aromatic nitrogens is 3. The maximum atomic E-state index is 13.4. The van der Waals surface area contributed by atoms with Crippen molar-refractivity contribution in [2.75, 3.05) is 5.32 Å². The number of nitrogens with one attached hydrogen (secondary N) is 1. The van der Waals surface area contributed by atoms with Crippen molar-refractivity contribution < 1.29 is 8.78 Å². The Morgan fingerprint density at radius 3 is 2.59 bits per heavy atom. The Morgan fingerprint density at radius 1 is 1.19 bits per heavy atom. The molecule has 0 bridgehead atoms. The molecule has 1 aliphatic rings. The Hall–Kier alpha value is -1.82. The average Bonchev–Trinajstić information content (AvgIpc) is 2.62. The van der Waals surface area contributed by atoms with Crippen molar-refractivity contribution in [1.82, 2.24) is 15.0 Å². The monoisotopic (exact) mass is 394 g/mol. The minimum Gasteiger partial charge on any atom is -0.367 e. The van der Waals surface area contributed by atoms with Gasteiger partial charge in [-0.05, 0) is 43.7 Å². The third-order valence-electron chi connectivity index (χ3n) is 4.77. The Labute approximate surface area is 163 Å². The molecule has 4 nitrogen and oxygen atoms in total. The quantitative estimate of drug-likeness (QED) is 0.632. The SMILES string of the molecule is CC(C)CCc1cc(NC2CCC(F)(F)CC2)nc(-c2cccc(Cl)n2)n1. The van der Waals surface area contributed by atoms with E-state index in [1.165, 1.54) is 0 Å². The van der Waals surface area contributed by atoms with Crippen molar-refractivity contribution in [3.63, 3.8) is 0 Å². The second-order valence-electron chi connectivity index (χ2n) is 7.62. The van der Waals surface area contributed by atoms with Gasteiger partial charge in [0.1, 0.15) is 16.7 Å². The van der Waals surface area contributed by atoms with Gasteiger partial charge in [-0.2, -0.15) is 0 Å². The van der Waals surface area contributed by atoms with E-state index >= 15 is 0 Å². The fourth-order valence-electron chi connectivity index (χ4n) is 3.18. The van der Waals surface area contributed by atoms with Gasteiger partial charge in [0.25, 0.3) is 0 Å². The third kappa shape index (κ3) is 5.83. The molecular weight excluding hydrogens is 370 g/mol. The van der Waals surface area contributed by atoms with E-state index in [9.17, 15) is 8.78 Å². The highest BCUT2D eigenvalue weighted by Gasteiger charge is 2.35. The maximum absolute atomic E-state index is 13.4. The van der Waals surface area contributed by atoms with Crippen LogP contribution >= 0.6 is 11.6 Å². The number of nitrogens with zero attached hydrogens (tertiary/aromatic N) is 3. The zero-order valence-electron chi connectivity index (χ0n) is 15.7. The fourth-order valence-corrected chi connectivity index (χ4v) is 3.34. The predicted octanol–water partition coefficient (Wildman–Crippen LogP) is 5.77. The molecule has 1 aliphatic carbocycles. The zero-order valence-corrected chi connectivity index (χ0v) is 16.4. The van der Waals surface area contributed by atoms with E-state index < -0.39 is 5.92 Å². The van der Waals surface area contributed by atoms with Gasteiger partial charge in [-0.15, -0.1) is 0 Å². The number of aryl methyl sites for hydroxylation is 1. The molecule has 2 aromatic heterocycles. The molecule has 7 heteroatoms. The van der Waals surface area contributed by atoms with Gasteiger partial charge in [-0.1, -0.05) is 31.5 Å². The lowest BCUT2D eigenvalue weighted by Crippen LogP contribution is -2.32. The molecule has 0 amide bonds. The minimum absolute atomic E-state index is 0.00218. The zero-order chi connectivity index (χ0) is 19.4. The Kier molecular flexibility index (Phi) is 6.25. The molecule has 0 spiro atoms. The topological polar surface area (TPSA) is 50.7 Å². The molecule has 0 saturated heterocycles. The average molecular weight is 395 g/mol. The molecule has 0 atom stereocenters. The van der Waals surface area contributed by atoms with Crippen molar-refractivity contribution in [3.8, 4) is 11.5 Å². The first-order valence-corrected chi connectivity index (χ1v) is 9.84. The predicted molar refractivity (Wildman–Crippen MR) is 104 cm³/mol. The molecule has 0 aromatic carbocycles. The van der Waals surface area contributed by atoms with Gasteiger partial charge in [-0.25, -0.2) is 23.7 Å². The van der Waals surface area contributed by atoms with E-state index in [2.05, 4.69) is 34.1 Å². The summed E-state index contributed by atoms with van der Waals surface area (Å²) in [5.41, 5.74) is 1.52. The molecule has 1 N–H and O–H groups in total. The molecule has 2 heterocycles. The van der Waals surface area contributed by atoms with Gasteiger partial charge in [0, 0.05) is 30.6 Å². The van der Waals surface area contributed by atoms with Crippen LogP contribution in [0.4, 0.5) is 14.6 Å². The van der Waals surface area contributed by atoms with Crippen LogP contribution in [0, 0.1) is 5.92 Å². The largest absolute Gasteiger partial charge is 0.367 e. The van der Waals surface area contributed by atoms with Crippen LogP contribution in [-0.4, -0.2) is 26.9 Å². The molecule has 1 fully saturated rings. The molecule has 0 radical (unpaired) electrons. The molecule has 0 unspecified atom stereocenters. The lowest BCUT2D eigenvalue weighted by molar-refractivity contribution is -0.0361. The standard InChI is InChI=1S/C20H25ClF2N4/c1-13(2)6-7-15-12-18(24-14-8-10-20(22,23)11-9-14)27-19(25-15)16-4-3-5-17(21)26-16/h3-5,12-14H,6-11H2,1-2H3,(H,24,25,27). The molecule has 2 aromatic rings. The van der Waals surface area contributed by atoms with Gasteiger partial charge >= 0.3 is 0 Å². The van der Waals surface area contributed by atoms with Crippen LogP contribution < -0.4 is 5.32 Å². The van der Waals surface area contributed by atoms with Crippen LogP contribution in [0.3, 0.4) is 0 Å². The lowest BCUT2D eigenvalue weighted by Gasteiger charge is -2.29. The highest BCUT2D eigenvalue weighted by Crippen LogP contribution is 2.34. The van der Waals surface area contributed by atoms with Crippen LogP contribution in [0.1, 0.15) is 51.6 Å². The maximum Gasteiger partial charge on any atom is 0.248 e. The molecule has 27 heavy (non-hydrogen) atoms. The van der Waals surface area contributed by atoms with E-state index in [-0.39, 0.29) is 18.9 Å². The molecule has 0 aliphatic heterocycles. The fraction of sp³-hybridized carbons (Fsp3) is 0.550. The van der Waals surface area contributed by atoms with Crippen molar-refractivity contribution in [2.45, 2.75) is 64.3 Å². The van der Waals surface area contributed by atoms with Crippen LogP contribution in [0.5, 0.6) is 0 Å². The van der Waals surface area contributed by atoms with Gasteiger partial charge in [0.15, 0.2) is 5.82 Å². The van der Waals surface area contributed by atoms with Crippen LogP contribution in [0.15, 0.2) is 24.3 Å². The summed E-state index contributed by atoms with van der Waals surface area (Å²) in [6.07, 6.45) is 2.53.